The highest BCUT2D eigenvalue weighted by molar-refractivity contribution is 5.98. The minimum atomic E-state index is -2.17. The van der Waals surface area contributed by atoms with Crippen molar-refractivity contribution in [3.8, 4) is 5.75 Å². The van der Waals surface area contributed by atoms with E-state index in [1.54, 1.807) is 0 Å². The summed E-state index contributed by atoms with van der Waals surface area (Å²) in [5.41, 5.74) is 5.78. The number of nitrogens with zero attached hydrogens (tertiary/aromatic N) is 2. The van der Waals surface area contributed by atoms with Gasteiger partial charge in [0.1, 0.15) is 35.8 Å². The van der Waals surface area contributed by atoms with Crippen molar-refractivity contribution in [3.05, 3.63) is 29.8 Å². The molecule has 3 aliphatic rings. The van der Waals surface area contributed by atoms with E-state index in [2.05, 4.69) is 42.0 Å². The summed E-state index contributed by atoms with van der Waals surface area (Å²) in [6, 6.07) is -2.18. The Labute approximate surface area is 471 Å². The maximum absolute atomic E-state index is 14.7. The lowest BCUT2D eigenvalue weighted by molar-refractivity contribution is -0.150. The Hall–Kier alpha value is -4.69. The number of ketones is 2. The maximum atomic E-state index is 14.7. The Morgan fingerprint density at radius 2 is 1.41 bits per heavy atom. The van der Waals surface area contributed by atoms with Crippen molar-refractivity contribution in [2.45, 2.75) is 223 Å². The summed E-state index contributed by atoms with van der Waals surface area (Å²) in [6.07, 6.45) is -7.76. The highest BCUT2D eigenvalue weighted by Gasteiger charge is 2.49. The van der Waals surface area contributed by atoms with Crippen LogP contribution in [-0.4, -0.2) is 198 Å². The van der Waals surface area contributed by atoms with Gasteiger partial charge in [0.25, 0.3) is 0 Å². The minimum absolute atomic E-state index is 0.00521. The number of phenols is 1. The molecule has 1 aromatic carbocycles. The van der Waals surface area contributed by atoms with Crippen molar-refractivity contribution in [1.82, 2.24) is 31.1 Å². The molecule has 454 valence electrons. The summed E-state index contributed by atoms with van der Waals surface area (Å²) >= 11 is 0. The van der Waals surface area contributed by atoms with Crippen LogP contribution in [-0.2, 0) is 38.3 Å². The van der Waals surface area contributed by atoms with E-state index in [9.17, 15) is 74.4 Å². The first kappa shape index (κ1) is 67.8. The lowest BCUT2D eigenvalue weighted by atomic mass is 9.86. The van der Waals surface area contributed by atoms with Crippen LogP contribution < -0.4 is 27.0 Å². The summed E-state index contributed by atoms with van der Waals surface area (Å²) in [5, 5.41) is 101. The number of aliphatic hydroxyl groups excluding tert-OH is 7. The first-order chi connectivity index (χ1) is 37.9. The molecular weight excluding hydrogens is 1040 g/mol. The van der Waals surface area contributed by atoms with Crippen molar-refractivity contribution in [2.75, 3.05) is 32.8 Å². The van der Waals surface area contributed by atoms with Crippen molar-refractivity contribution >= 4 is 41.1 Å². The highest BCUT2D eigenvalue weighted by atomic mass is 16.5. The van der Waals surface area contributed by atoms with Crippen LogP contribution in [0.2, 0.25) is 0 Å². The molecule has 14 N–H and O–H groups in total. The first-order valence-electron chi connectivity index (χ1n) is 29.1. The van der Waals surface area contributed by atoms with E-state index >= 15 is 0 Å². The van der Waals surface area contributed by atoms with Gasteiger partial charge in [-0.25, -0.2) is 0 Å². The number of unbranched alkanes of at least 4 members (excludes halogenated alkanes) is 5. The molecule has 3 saturated heterocycles. The molecule has 0 spiro atoms. The number of carbonyl (C=O) groups excluding carboxylic acids is 7. The van der Waals surface area contributed by atoms with Crippen molar-refractivity contribution in [3.63, 3.8) is 0 Å². The number of fused-ring (bicyclic) bond motifs is 2. The Morgan fingerprint density at radius 1 is 0.775 bits per heavy atom. The van der Waals surface area contributed by atoms with E-state index in [0.717, 1.165) is 54.7 Å². The second-order valence-electron chi connectivity index (χ2n) is 23.1. The summed E-state index contributed by atoms with van der Waals surface area (Å²) in [7, 11) is 0. The van der Waals surface area contributed by atoms with Crippen molar-refractivity contribution in [2.24, 2.45) is 29.4 Å². The quantitative estimate of drug-likeness (QED) is 0.0556. The van der Waals surface area contributed by atoms with E-state index < -0.39 is 153 Å². The van der Waals surface area contributed by atoms with E-state index in [4.69, 9.17) is 10.5 Å². The molecule has 0 radical (unpaired) electrons. The molecule has 0 aromatic heterocycles. The average Bonchev–Trinajstić information content (AvgIpc) is 4.12. The van der Waals surface area contributed by atoms with Crippen LogP contribution >= 0.6 is 0 Å². The monoisotopic (exact) mass is 1130 g/mol. The molecule has 4 rings (SSSR count). The smallest absolute Gasteiger partial charge is 0.248 e. The van der Waals surface area contributed by atoms with Crippen LogP contribution in [0.3, 0.4) is 0 Å². The molecule has 80 heavy (non-hydrogen) atoms. The number of ether oxygens (including phenoxy) is 1. The SMILES string of the molecule is CC[C@H](C)C[C@H](C)CCCCCCCCC(=O)C[C@H]1C[C@@H](O)[C@@H](OCCNC(C)C)NC(=O)[C@@H]2[C@@H](O)CCN2C(=O)[C@H]([C@H](O)CCN)NC(=O)[C@H]([C@H](O)[C@@H](O)c2ccc(O)cc2)CC(=O)[C@@H]2C[C@@H](O)CN2C(=O)[C@H]([C@@H](C)O)NC1=O. The third-order valence-corrected chi connectivity index (χ3v) is 15.9. The highest BCUT2D eigenvalue weighted by Crippen LogP contribution is 2.31. The van der Waals surface area contributed by atoms with E-state index in [-0.39, 0.29) is 68.6 Å². The second kappa shape index (κ2) is 33.4. The number of hydrogen-bond acceptors (Lipinski definition) is 18. The standard InChI is InChI=1S/C57H95N7O16/c1-7-33(4)26-34(5)14-12-10-8-9-11-13-15-39(67)27-37-28-46(72)55(80-25-23-59-32(2)3)62-54(77)49-44(70)21-24-63(49)57(79)48(43(69)20-22-58)61-53(76)41(51(74)50(73)36-16-18-38(66)19-17-36)30-45(71)42-29-40(68)31-64(42)56(78)47(35(6)65)60-52(37)75/h16-19,32-35,37,40-44,46-51,55,59,65-66,68-70,72-74H,7-15,20-31,58H2,1-6H3,(H,60,75)(H,61,76)(H,62,77)/t33-,34+,35+,37-,40+,41-,42-,43+,44-,46+,47-,48-,49-,50-,51-,55+/m0/s1. The van der Waals surface area contributed by atoms with Gasteiger partial charge in [0, 0.05) is 57.3 Å². The molecule has 5 amide bonds. The van der Waals surface area contributed by atoms with Crippen LogP contribution in [0.5, 0.6) is 5.75 Å². The molecular formula is C57H95N7O16. The number of Topliss-reactive ketones (excluding diaryl/α,β-unsaturated/α-hetero) is 2. The maximum Gasteiger partial charge on any atom is 0.248 e. The number of aliphatic hydroxyl groups is 7. The minimum Gasteiger partial charge on any atom is -0.508 e. The third kappa shape index (κ3) is 20.3. The molecule has 0 saturated carbocycles. The van der Waals surface area contributed by atoms with Gasteiger partial charge in [-0.1, -0.05) is 91.7 Å². The summed E-state index contributed by atoms with van der Waals surface area (Å²) in [6.45, 7) is 10.8. The fraction of sp³-hybridized carbons (Fsp3) is 0.772. The van der Waals surface area contributed by atoms with Gasteiger partial charge >= 0.3 is 0 Å². The lowest BCUT2D eigenvalue weighted by Crippen LogP contribution is -2.61. The van der Waals surface area contributed by atoms with E-state index in [1.165, 1.54) is 37.6 Å². The number of hydrogen-bond donors (Lipinski definition) is 13. The van der Waals surface area contributed by atoms with Crippen LogP contribution in [0.1, 0.15) is 156 Å². The van der Waals surface area contributed by atoms with Crippen molar-refractivity contribution in [1.29, 1.82) is 0 Å². The summed E-state index contributed by atoms with van der Waals surface area (Å²) < 4.78 is 6.03. The van der Waals surface area contributed by atoms with Gasteiger partial charge in [-0.05, 0) is 75.1 Å². The summed E-state index contributed by atoms with van der Waals surface area (Å²) in [5.74, 6) is -8.97. The summed E-state index contributed by atoms with van der Waals surface area (Å²) in [4.78, 5) is 103. The third-order valence-electron chi connectivity index (χ3n) is 15.9. The number of carbonyl (C=O) groups is 7. The van der Waals surface area contributed by atoms with Crippen LogP contribution in [0.15, 0.2) is 24.3 Å². The predicted molar refractivity (Wildman–Crippen MR) is 295 cm³/mol. The first-order valence-corrected chi connectivity index (χ1v) is 29.1. The van der Waals surface area contributed by atoms with Gasteiger partial charge < -0.3 is 82.4 Å². The number of benzene rings is 1. The number of rotatable bonds is 26. The normalized spacial score (nSPS) is 28.2. The van der Waals surface area contributed by atoms with Crippen molar-refractivity contribution < 1.29 is 79.2 Å². The Morgan fingerprint density at radius 3 is 2.05 bits per heavy atom. The van der Waals surface area contributed by atoms with E-state index in [0.29, 0.717) is 18.3 Å². The second-order valence-corrected chi connectivity index (χ2v) is 23.1. The molecule has 0 unspecified atom stereocenters. The number of aromatic hydroxyl groups is 1. The topological polar surface area (TPSA) is 371 Å². The Kier molecular flexibility index (Phi) is 28.3. The predicted octanol–water partition coefficient (Wildman–Crippen LogP) is 0.336. The average molecular weight is 1130 g/mol. The van der Waals surface area contributed by atoms with Crippen LogP contribution in [0.25, 0.3) is 0 Å². The van der Waals surface area contributed by atoms with Gasteiger partial charge in [-0.2, -0.15) is 0 Å². The molecule has 3 fully saturated rings. The van der Waals surface area contributed by atoms with Gasteiger partial charge in [0.15, 0.2) is 12.0 Å². The molecule has 16 atom stereocenters. The molecule has 23 heteroatoms. The molecule has 3 heterocycles. The molecule has 1 aromatic rings. The lowest BCUT2D eigenvalue weighted by Gasteiger charge is -2.34. The Bertz CT molecular complexity index is 2140. The van der Waals surface area contributed by atoms with Crippen LogP contribution in [0.4, 0.5) is 0 Å². The number of nitrogens with two attached hydrogens (primary N) is 1. The van der Waals surface area contributed by atoms with Gasteiger partial charge in [-0.3, -0.25) is 33.6 Å². The van der Waals surface area contributed by atoms with Gasteiger partial charge in [0.2, 0.25) is 29.5 Å². The zero-order chi connectivity index (χ0) is 59.4. The van der Waals surface area contributed by atoms with E-state index in [1.807, 2.05) is 13.8 Å². The zero-order valence-electron chi connectivity index (χ0n) is 47.8. The molecule has 3 aliphatic heterocycles. The zero-order valence-corrected chi connectivity index (χ0v) is 47.8. The largest absolute Gasteiger partial charge is 0.508 e. The van der Waals surface area contributed by atoms with Crippen LogP contribution in [0, 0.1) is 23.7 Å². The fourth-order valence-electron chi connectivity index (χ4n) is 11.0. The molecule has 0 aliphatic carbocycles. The number of phenolic OH excluding ortho intramolecular Hbond substituents is 1. The fourth-order valence-corrected chi connectivity index (χ4v) is 11.0. The molecule has 0 bridgehead atoms. The molecule has 23 nitrogen and oxygen atoms in total. The number of amides is 5. The Balaban J connectivity index is 1.76. The van der Waals surface area contributed by atoms with Gasteiger partial charge in [0.05, 0.1) is 55.2 Å². The van der Waals surface area contributed by atoms with Gasteiger partial charge in [-0.15, -0.1) is 0 Å². The number of nitrogens with one attached hydrogen (secondary N) is 4.